The standard InChI is InChI=1S/C18H16F3NO3/c1-11-14(17(24)25)3-2-4-15(11)22-16(23)10-7-12-5-8-13(9-6-12)18(19,20)21/h2-6,8-9H,7,10H2,1H3,(H,22,23)(H,24,25). The van der Waals surface area contributed by atoms with Crippen LogP contribution in [0.25, 0.3) is 0 Å². The van der Waals surface area contributed by atoms with Gasteiger partial charge in [0.2, 0.25) is 5.91 Å². The van der Waals surface area contributed by atoms with E-state index in [0.717, 1.165) is 12.1 Å². The molecular weight excluding hydrogens is 335 g/mol. The molecule has 1 amide bonds. The van der Waals surface area contributed by atoms with Gasteiger partial charge >= 0.3 is 12.1 Å². The molecule has 2 aromatic carbocycles. The summed E-state index contributed by atoms with van der Waals surface area (Å²) in [6, 6.07) is 9.20. The van der Waals surface area contributed by atoms with Gasteiger partial charge in [-0.2, -0.15) is 13.2 Å². The Morgan fingerprint density at radius 3 is 2.28 bits per heavy atom. The number of carbonyl (C=O) groups excluding carboxylic acids is 1. The van der Waals surface area contributed by atoms with Crippen LogP contribution in [0, 0.1) is 6.92 Å². The molecule has 2 rings (SSSR count). The predicted molar refractivity (Wildman–Crippen MR) is 86.5 cm³/mol. The molecular formula is C18H16F3NO3. The lowest BCUT2D eigenvalue weighted by Crippen LogP contribution is -2.14. The number of hydrogen-bond donors (Lipinski definition) is 2. The van der Waals surface area contributed by atoms with Crippen LogP contribution >= 0.6 is 0 Å². The number of nitrogens with one attached hydrogen (secondary N) is 1. The number of rotatable bonds is 5. The molecule has 132 valence electrons. The van der Waals surface area contributed by atoms with Crippen LogP contribution in [-0.4, -0.2) is 17.0 Å². The number of amides is 1. The highest BCUT2D eigenvalue weighted by atomic mass is 19.4. The van der Waals surface area contributed by atoms with E-state index in [9.17, 15) is 22.8 Å². The van der Waals surface area contributed by atoms with Crippen LogP contribution < -0.4 is 5.32 Å². The van der Waals surface area contributed by atoms with Crippen molar-refractivity contribution in [1.82, 2.24) is 0 Å². The van der Waals surface area contributed by atoms with E-state index < -0.39 is 17.7 Å². The van der Waals surface area contributed by atoms with Gasteiger partial charge in [0.15, 0.2) is 0 Å². The Bertz CT molecular complexity index is 783. The van der Waals surface area contributed by atoms with Crippen LogP contribution in [0.5, 0.6) is 0 Å². The monoisotopic (exact) mass is 351 g/mol. The minimum absolute atomic E-state index is 0.0715. The lowest BCUT2D eigenvalue weighted by molar-refractivity contribution is -0.137. The number of benzene rings is 2. The van der Waals surface area contributed by atoms with Crippen LogP contribution in [0.1, 0.15) is 33.5 Å². The van der Waals surface area contributed by atoms with Gasteiger partial charge in [0.1, 0.15) is 0 Å². The second-order valence-corrected chi connectivity index (χ2v) is 5.53. The zero-order valence-corrected chi connectivity index (χ0v) is 13.4. The van der Waals surface area contributed by atoms with E-state index in [1.165, 1.54) is 24.3 Å². The maximum Gasteiger partial charge on any atom is 0.416 e. The lowest BCUT2D eigenvalue weighted by Gasteiger charge is -2.11. The fraction of sp³-hybridized carbons (Fsp3) is 0.222. The summed E-state index contributed by atoms with van der Waals surface area (Å²) >= 11 is 0. The smallest absolute Gasteiger partial charge is 0.416 e. The van der Waals surface area contributed by atoms with E-state index in [2.05, 4.69) is 5.32 Å². The molecule has 0 radical (unpaired) electrons. The number of halogens is 3. The molecule has 0 bridgehead atoms. The Morgan fingerprint density at radius 1 is 1.08 bits per heavy atom. The van der Waals surface area contributed by atoms with Crippen molar-refractivity contribution in [2.75, 3.05) is 5.32 Å². The molecule has 0 aromatic heterocycles. The average Bonchev–Trinajstić information content (AvgIpc) is 2.54. The van der Waals surface area contributed by atoms with Gasteiger partial charge in [0.05, 0.1) is 11.1 Å². The van der Waals surface area contributed by atoms with Gasteiger partial charge in [-0.15, -0.1) is 0 Å². The summed E-state index contributed by atoms with van der Waals surface area (Å²) in [5.41, 5.74) is 0.816. The molecule has 2 N–H and O–H groups in total. The number of carbonyl (C=O) groups is 2. The Hall–Kier alpha value is -2.83. The van der Waals surface area contributed by atoms with Gasteiger partial charge in [0, 0.05) is 12.1 Å². The van der Waals surface area contributed by atoms with Crippen LogP contribution in [0.4, 0.5) is 18.9 Å². The predicted octanol–water partition coefficient (Wildman–Crippen LogP) is 4.28. The summed E-state index contributed by atoms with van der Waals surface area (Å²) in [6.07, 6.45) is -4.04. The van der Waals surface area contributed by atoms with Crippen molar-refractivity contribution >= 4 is 17.6 Å². The Kier molecular flexibility index (Phi) is 5.46. The molecule has 7 heteroatoms. The third kappa shape index (κ3) is 4.82. The first-order valence-corrected chi connectivity index (χ1v) is 7.47. The molecule has 0 aliphatic carbocycles. The molecule has 0 saturated carbocycles. The quantitative estimate of drug-likeness (QED) is 0.845. The zero-order chi connectivity index (χ0) is 18.6. The van der Waals surface area contributed by atoms with Crippen molar-refractivity contribution in [3.63, 3.8) is 0 Å². The van der Waals surface area contributed by atoms with Gasteiger partial charge in [-0.05, 0) is 48.7 Å². The minimum atomic E-state index is -4.39. The Balaban J connectivity index is 1.97. The first-order valence-electron chi connectivity index (χ1n) is 7.47. The van der Waals surface area contributed by atoms with Gasteiger partial charge in [-0.25, -0.2) is 4.79 Å². The molecule has 2 aromatic rings. The highest BCUT2D eigenvalue weighted by molar-refractivity contribution is 5.96. The highest BCUT2D eigenvalue weighted by Gasteiger charge is 2.29. The topological polar surface area (TPSA) is 66.4 Å². The first kappa shape index (κ1) is 18.5. The second-order valence-electron chi connectivity index (χ2n) is 5.53. The van der Waals surface area contributed by atoms with Crippen LogP contribution in [0.3, 0.4) is 0 Å². The van der Waals surface area contributed by atoms with E-state index >= 15 is 0 Å². The van der Waals surface area contributed by atoms with Crippen LogP contribution in [0.15, 0.2) is 42.5 Å². The Labute approximate surface area is 142 Å². The highest BCUT2D eigenvalue weighted by Crippen LogP contribution is 2.29. The van der Waals surface area contributed by atoms with Gasteiger partial charge in [-0.1, -0.05) is 18.2 Å². The van der Waals surface area contributed by atoms with Gasteiger partial charge < -0.3 is 10.4 Å². The zero-order valence-electron chi connectivity index (χ0n) is 13.4. The first-order chi connectivity index (χ1) is 11.7. The molecule has 0 heterocycles. The SMILES string of the molecule is Cc1c(NC(=O)CCc2ccc(C(F)(F)F)cc2)cccc1C(=O)O. The molecule has 0 aliphatic rings. The van der Waals surface area contributed by atoms with E-state index in [-0.39, 0.29) is 24.3 Å². The maximum absolute atomic E-state index is 12.5. The number of aryl methyl sites for hydroxylation is 1. The molecule has 0 unspecified atom stereocenters. The summed E-state index contributed by atoms with van der Waals surface area (Å²) < 4.78 is 37.5. The third-order valence-corrected chi connectivity index (χ3v) is 3.76. The van der Waals surface area contributed by atoms with E-state index in [1.54, 1.807) is 13.0 Å². The van der Waals surface area contributed by atoms with Crippen LogP contribution in [-0.2, 0) is 17.4 Å². The van der Waals surface area contributed by atoms with Crippen molar-refractivity contribution < 1.29 is 27.9 Å². The maximum atomic E-state index is 12.5. The second kappa shape index (κ2) is 7.38. The van der Waals surface area contributed by atoms with Crippen molar-refractivity contribution in [3.8, 4) is 0 Å². The summed E-state index contributed by atoms with van der Waals surface area (Å²) in [5.74, 6) is -1.43. The fourth-order valence-electron chi connectivity index (χ4n) is 2.33. The number of carboxylic acid groups (broad SMARTS) is 1. The van der Waals surface area contributed by atoms with Crippen molar-refractivity contribution in [2.45, 2.75) is 25.9 Å². The summed E-state index contributed by atoms with van der Waals surface area (Å²) in [4.78, 5) is 23.1. The van der Waals surface area contributed by atoms with E-state index in [1.807, 2.05) is 0 Å². The summed E-state index contributed by atoms with van der Waals surface area (Å²) in [7, 11) is 0. The van der Waals surface area contributed by atoms with Gasteiger partial charge in [-0.3, -0.25) is 4.79 Å². The number of carboxylic acids is 1. The van der Waals surface area contributed by atoms with Crippen LogP contribution in [0.2, 0.25) is 0 Å². The van der Waals surface area contributed by atoms with E-state index in [4.69, 9.17) is 5.11 Å². The van der Waals surface area contributed by atoms with Crippen molar-refractivity contribution in [3.05, 3.63) is 64.7 Å². The molecule has 25 heavy (non-hydrogen) atoms. The van der Waals surface area contributed by atoms with E-state index in [0.29, 0.717) is 16.8 Å². The molecule has 4 nitrogen and oxygen atoms in total. The number of hydrogen-bond acceptors (Lipinski definition) is 2. The van der Waals surface area contributed by atoms with Gasteiger partial charge in [0.25, 0.3) is 0 Å². The number of alkyl halides is 3. The molecule has 0 aliphatic heterocycles. The largest absolute Gasteiger partial charge is 0.478 e. The number of anilines is 1. The van der Waals surface area contributed by atoms with Crippen molar-refractivity contribution in [1.29, 1.82) is 0 Å². The lowest BCUT2D eigenvalue weighted by atomic mass is 10.1. The molecule has 0 saturated heterocycles. The molecule has 0 atom stereocenters. The third-order valence-electron chi connectivity index (χ3n) is 3.76. The normalized spacial score (nSPS) is 11.2. The number of aromatic carboxylic acids is 1. The Morgan fingerprint density at radius 2 is 1.72 bits per heavy atom. The average molecular weight is 351 g/mol. The van der Waals surface area contributed by atoms with Crippen molar-refractivity contribution in [2.24, 2.45) is 0 Å². The molecule has 0 fully saturated rings. The summed E-state index contributed by atoms with van der Waals surface area (Å²) in [5, 5.41) is 11.7. The minimum Gasteiger partial charge on any atom is -0.478 e. The molecule has 0 spiro atoms. The fourth-order valence-corrected chi connectivity index (χ4v) is 2.33. The summed E-state index contributed by atoms with van der Waals surface area (Å²) in [6.45, 7) is 1.59.